The summed E-state index contributed by atoms with van der Waals surface area (Å²) < 4.78 is 2.05. The molecule has 1 fully saturated rings. The number of hydrogen-bond donors (Lipinski definition) is 1. The van der Waals surface area contributed by atoms with Crippen LogP contribution in [-0.2, 0) is 16.8 Å². The van der Waals surface area contributed by atoms with Gasteiger partial charge in [-0.15, -0.1) is 0 Å². The van der Waals surface area contributed by atoms with Gasteiger partial charge in [-0.05, 0) is 81.0 Å². The van der Waals surface area contributed by atoms with Crippen LogP contribution in [0.4, 0.5) is 4.79 Å². The molecule has 2 heterocycles. The van der Waals surface area contributed by atoms with E-state index in [0.717, 1.165) is 50.6 Å². The first-order valence-electron chi connectivity index (χ1n) is 11.2. The van der Waals surface area contributed by atoms with Gasteiger partial charge in [-0.25, -0.2) is 4.79 Å². The lowest BCUT2D eigenvalue weighted by atomic mass is 9.92. The number of benzene rings is 2. The van der Waals surface area contributed by atoms with Crippen LogP contribution in [0.2, 0.25) is 0 Å². The topological polar surface area (TPSA) is 71.4 Å². The van der Waals surface area contributed by atoms with Crippen molar-refractivity contribution < 1.29 is 14.4 Å². The van der Waals surface area contributed by atoms with Crippen molar-refractivity contribution in [2.75, 3.05) is 6.54 Å². The number of rotatable bonds is 4. The Morgan fingerprint density at radius 2 is 1.70 bits per heavy atom. The monoisotopic (exact) mass is 441 g/mol. The normalized spacial score (nSPS) is 19.3. The van der Waals surface area contributed by atoms with Crippen LogP contribution in [0.3, 0.4) is 0 Å². The average Bonchev–Trinajstić information content (AvgIpc) is 3.36. The van der Waals surface area contributed by atoms with Gasteiger partial charge in [0.2, 0.25) is 0 Å². The van der Waals surface area contributed by atoms with Crippen molar-refractivity contribution in [2.45, 2.75) is 46.1 Å². The number of hydrogen-bond acceptors (Lipinski definition) is 3. The van der Waals surface area contributed by atoms with Crippen LogP contribution in [0.15, 0.2) is 48.5 Å². The van der Waals surface area contributed by atoms with Gasteiger partial charge in [0.15, 0.2) is 5.78 Å². The van der Waals surface area contributed by atoms with E-state index in [-0.39, 0.29) is 18.2 Å². The van der Waals surface area contributed by atoms with Crippen molar-refractivity contribution in [3.63, 3.8) is 0 Å². The Kier molecular flexibility index (Phi) is 4.78. The molecule has 1 unspecified atom stereocenters. The SMILES string of the molecule is Cc1cc(C)cc(-n2c(C)cc(C(=O)CN3C(=O)NC4(CCc5ccccc54)C3=O)c2C)c1. The first kappa shape index (κ1) is 21.2. The molecule has 6 heteroatoms. The van der Waals surface area contributed by atoms with E-state index in [1.54, 1.807) is 0 Å². The standard InChI is InChI=1S/C27H27N3O3/c1-16-11-17(2)13-21(12-16)30-18(3)14-22(19(30)4)24(31)15-29-25(32)27(28-26(29)33)10-9-20-7-5-6-8-23(20)27/h5-8,11-14H,9-10,15H2,1-4H3,(H,28,33). The molecule has 1 atom stereocenters. The molecular formula is C27H27N3O3. The largest absolute Gasteiger partial charge is 0.325 e. The number of imide groups is 1. The highest BCUT2D eigenvalue weighted by Gasteiger charge is 2.55. The third-order valence-electron chi connectivity index (χ3n) is 6.92. The van der Waals surface area contributed by atoms with E-state index < -0.39 is 11.6 Å². The fourth-order valence-corrected chi connectivity index (χ4v) is 5.48. The highest BCUT2D eigenvalue weighted by atomic mass is 16.2. The summed E-state index contributed by atoms with van der Waals surface area (Å²) in [5.74, 6) is -0.584. The Bertz CT molecular complexity index is 1320. The number of aromatic nitrogens is 1. The van der Waals surface area contributed by atoms with Crippen LogP contribution < -0.4 is 5.32 Å². The number of carbonyl (C=O) groups excluding carboxylic acids is 3. The molecule has 6 nitrogen and oxygen atoms in total. The van der Waals surface area contributed by atoms with Gasteiger partial charge in [0, 0.05) is 22.6 Å². The molecule has 5 rings (SSSR count). The number of carbonyl (C=O) groups is 3. The molecule has 2 aromatic carbocycles. The van der Waals surface area contributed by atoms with Gasteiger partial charge < -0.3 is 9.88 Å². The molecule has 1 aromatic heterocycles. The zero-order valence-corrected chi connectivity index (χ0v) is 19.4. The average molecular weight is 442 g/mol. The number of Topliss-reactive ketones (excluding diaryl/α,β-unsaturated/α-hetero) is 1. The Balaban J connectivity index is 1.44. The number of amides is 3. The van der Waals surface area contributed by atoms with Crippen LogP contribution in [0.5, 0.6) is 0 Å². The van der Waals surface area contributed by atoms with Gasteiger partial charge in [0.1, 0.15) is 5.54 Å². The molecule has 3 amide bonds. The van der Waals surface area contributed by atoms with E-state index in [2.05, 4.69) is 23.5 Å². The Labute approximate surface area is 193 Å². The van der Waals surface area contributed by atoms with Crippen molar-refractivity contribution in [3.05, 3.63) is 87.7 Å². The molecule has 168 valence electrons. The number of nitrogens with one attached hydrogen (secondary N) is 1. The number of nitrogens with zero attached hydrogens (tertiary/aromatic N) is 2. The zero-order chi connectivity index (χ0) is 23.5. The summed E-state index contributed by atoms with van der Waals surface area (Å²) >= 11 is 0. The number of aryl methyl sites for hydroxylation is 4. The summed E-state index contributed by atoms with van der Waals surface area (Å²) in [6.45, 7) is 7.68. The van der Waals surface area contributed by atoms with Gasteiger partial charge in [0.05, 0.1) is 6.54 Å². The predicted octanol–water partition coefficient (Wildman–Crippen LogP) is 4.29. The lowest BCUT2D eigenvalue weighted by Gasteiger charge is -2.22. The van der Waals surface area contributed by atoms with Gasteiger partial charge in [-0.3, -0.25) is 14.5 Å². The lowest BCUT2D eigenvalue weighted by Crippen LogP contribution is -2.42. The van der Waals surface area contributed by atoms with Crippen molar-refractivity contribution >= 4 is 17.7 Å². The Morgan fingerprint density at radius 1 is 1.00 bits per heavy atom. The van der Waals surface area contributed by atoms with Crippen molar-refractivity contribution in [1.29, 1.82) is 0 Å². The number of fused-ring (bicyclic) bond motifs is 2. The van der Waals surface area contributed by atoms with E-state index >= 15 is 0 Å². The molecule has 2 aliphatic rings. The smallest absolute Gasteiger partial charge is 0.319 e. The van der Waals surface area contributed by atoms with E-state index in [4.69, 9.17) is 0 Å². The molecule has 1 aliphatic carbocycles. The van der Waals surface area contributed by atoms with Crippen LogP contribution in [0.1, 0.15) is 50.4 Å². The van der Waals surface area contributed by atoms with Gasteiger partial charge in [-0.1, -0.05) is 30.3 Å². The fraction of sp³-hybridized carbons (Fsp3) is 0.296. The molecule has 1 saturated heterocycles. The van der Waals surface area contributed by atoms with Crippen molar-refractivity contribution in [1.82, 2.24) is 14.8 Å². The molecule has 1 aliphatic heterocycles. The van der Waals surface area contributed by atoms with Crippen molar-refractivity contribution in [2.24, 2.45) is 0 Å². The molecule has 0 saturated carbocycles. The summed E-state index contributed by atoms with van der Waals surface area (Å²) in [7, 11) is 0. The van der Waals surface area contributed by atoms with Gasteiger partial charge in [0.25, 0.3) is 5.91 Å². The summed E-state index contributed by atoms with van der Waals surface area (Å²) in [6, 6.07) is 15.3. The maximum Gasteiger partial charge on any atom is 0.325 e. The van der Waals surface area contributed by atoms with Gasteiger partial charge in [-0.2, -0.15) is 0 Å². The summed E-state index contributed by atoms with van der Waals surface area (Å²) in [5, 5.41) is 2.89. The van der Waals surface area contributed by atoms with E-state index in [1.807, 2.05) is 62.6 Å². The zero-order valence-electron chi connectivity index (χ0n) is 19.4. The summed E-state index contributed by atoms with van der Waals surface area (Å²) in [6.07, 6.45) is 1.24. The molecule has 33 heavy (non-hydrogen) atoms. The van der Waals surface area contributed by atoms with Crippen LogP contribution in [0.25, 0.3) is 5.69 Å². The second-order valence-corrected chi connectivity index (χ2v) is 9.27. The van der Waals surface area contributed by atoms with Gasteiger partial charge >= 0.3 is 6.03 Å². The second-order valence-electron chi connectivity index (χ2n) is 9.27. The lowest BCUT2D eigenvalue weighted by molar-refractivity contribution is -0.131. The van der Waals surface area contributed by atoms with E-state index in [9.17, 15) is 14.4 Å². The fourth-order valence-electron chi connectivity index (χ4n) is 5.48. The molecule has 0 radical (unpaired) electrons. The maximum absolute atomic E-state index is 13.4. The molecule has 1 N–H and O–H groups in total. The minimum absolute atomic E-state index is 0.245. The summed E-state index contributed by atoms with van der Waals surface area (Å²) in [5.41, 5.74) is 6.40. The first-order chi connectivity index (χ1) is 15.7. The predicted molar refractivity (Wildman–Crippen MR) is 126 cm³/mol. The summed E-state index contributed by atoms with van der Waals surface area (Å²) in [4.78, 5) is 40.6. The number of urea groups is 1. The van der Waals surface area contributed by atoms with Crippen LogP contribution in [0, 0.1) is 27.7 Å². The van der Waals surface area contributed by atoms with E-state index in [0.29, 0.717) is 12.0 Å². The first-order valence-corrected chi connectivity index (χ1v) is 11.2. The van der Waals surface area contributed by atoms with E-state index in [1.165, 1.54) is 0 Å². The Morgan fingerprint density at radius 3 is 2.42 bits per heavy atom. The highest BCUT2D eigenvalue weighted by Crippen LogP contribution is 2.41. The van der Waals surface area contributed by atoms with Crippen molar-refractivity contribution in [3.8, 4) is 5.69 Å². The molecule has 1 spiro atoms. The quantitative estimate of drug-likeness (QED) is 0.485. The molecule has 0 bridgehead atoms. The van der Waals surface area contributed by atoms with Crippen LogP contribution >= 0.6 is 0 Å². The third-order valence-corrected chi connectivity index (χ3v) is 6.92. The maximum atomic E-state index is 13.4. The highest BCUT2D eigenvalue weighted by molar-refractivity contribution is 6.12. The molecule has 3 aromatic rings. The number of ketones is 1. The third kappa shape index (κ3) is 3.20. The minimum Gasteiger partial charge on any atom is -0.319 e. The van der Waals surface area contributed by atoms with Crippen LogP contribution in [-0.4, -0.2) is 33.7 Å². The Hall–Kier alpha value is -3.67. The second kappa shape index (κ2) is 7.44. The minimum atomic E-state index is -1.05. The molecular weight excluding hydrogens is 414 g/mol.